The third kappa shape index (κ3) is 5.51. The van der Waals surface area contributed by atoms with E-state index in [1.54, 1.807) is 0 Å². The van der Waals surface area contributed by atoms with E-state index in [4.69, 9.17) is 9.63 Å². The van der Waals surface area contributed by atoms with Crippen molar-refractivity contribution in [1.82, 2.24) is 0 Å². The molecule has 0 aliphatic heterocycles. The average Bonchev–Trinajstić information content (AvgIpc) is 2.83. The van der Waals surface area contributed by atoms with Gasteiger partial charge in [-0.15, -0.1) is 0 Å². The summed E-state index contributed by atoms with van der Waals surface area (Å²) in [5.41, 5.74) is 1.30. The second-order valence-electron chi connectivity index (χ2n) is 6.57. The van der Waals surface area contributed by atoms with Crippen LogP contribution in [-0.2, 0) is 10.9 Å². The van der Waals surface area contributed by atoms with Crippen LogP contribution in [0.15, 0.2) is 30.3 Å². The predicted molar refractivity (Wildman–Crippen MR) is 93.9 cm³/mol. The molecule has 1 aliphatic carbocycles. The van der Waals surface area contributed by atoms with Crippen molar-refractivity contribution in [2.24, 2.45) is 11.8 Å². The van der Waals surface area contributed by atoms with E-state index < -0.39 is 12.2 Å². The first-order valence-electron chi connectivity index (χ1n) is 8.52. The molecule has 23 heavy (non-hydrogen) atoms. The molecule has 0 saturated heterocycles. The van der Waals surface area contributed by atoms with Crippen LogP contribution in [0.3, 0.4) is 0 Å². The Morgan fingerprint density at radius 2 is 1.70 bits per heavy atom. The lowest BCUT2D eigenvalue weighted by molar-refractivity contribution is 0.0795. The number of benzene rings is 1. The molecular formula is C18H29O4P. The van der Waals surface area contributed by atoms with Crippen LogP contribution >= 0.6 is 9.47 Å². The lowest BCUT2D eigenvalue weighted by atomic mass is 9.86. The van der Waals surface area contributed by atoms with E-state index in [9.17, 15) is 10.2 Å². The zero-order chi connectivity index (χ0) is 16.7. The molecule has 130 valence electrons. The molecule has 0 spiro atoms. The summed E-state index contributed by atoms with van der Waals surface area (Å²) in [6.45, 7) is 0.0580. The summed E-state index contributed by atoms with van der Waals surface area (Å²) in [6.07, 6.45) is 3.70. The maximum atomic E-state index is 10.2. The third-order valence-electron chi connectivity index (χ3n) is 5.10. The molecule has 6 atom stereocenters. The summed E-state index contributed by atoms with van der Waals surface area (Å²) in [7, 11) is 2.35. The molecule has 6 unspecified atom stereocenters. The van der Waals surface area contributed by atoms with Crippen LogP contribution in [0, 0.1) is 11.8 Å². The van der Waals surface area contributed by atoms with Gasteiger partial charge in [0, 0.05) is 16.1 Å². The fourth-order valence-electron chi connectivity index (χ4n) is 3.76. The van der Waals surface area contributed by atoms with Gasteiger partial charge < -0.3 is 19.8 Å². The molecule has 3 N–H and O–H groups in total. The number of hydrogen-bond donors (Lipinski definition) is 3. The van der Waals surface area contributed by atoms with Gasteiger partial charge in [-0.1, -0.05) is 30.3 Å². The molecule has 5 heteroatoms. The smallest absolute Gasteiger partial charge is 0.0614 e. The van der Waals surface area contributed by atoms with E-state index in [0.717, 1.165) is 25.7 Å². The number of rotatable bonds is 9. The minimum absolute atomic E-state index is 0.00529. The average molecular weight is 340 g/mol. The monoisotopic (exact) mass is 340 g/mol. The van der Waals surface area contributed by atoms with E-state index in [2.05, 4.69) is 21.6 Å². The molecule has 0 amide bonds. The SMILES string of the molecule is OCCC1C(O)CC(O)C1CCC(CCc1ccccc1)OP. The third-order valence-corrected chi connectivity index (χ3v) is 5.48. The van der Waals surface area contributed by atoms with Crippen LogP contribution in [0.2, 0.25) is 0 Å². The van der Waals surface area contributed by atoms with Gasteiger partial charge in [0.1, 0.15) is 0 Å². The van der Waals surface area contributed by atoms with E-state index >= 15 is 0 Å². The topological polar surface area (TPSA) is 69.9 Å². The molecule has 1 saturated carbocycles. The fraction of sp³-hybridized carbons (Fsp3) is 0.667. The molecule has 0 radical (unpaired) electrons. The van der Waals surface area contributed by atoms with E-state index in [-0.39, 0.29) is 24.5 Å². The van der Waals surface area contributed by atoms with Crippen LogP contribution in [0.4, 0.5) is 0 Å². The highest BCUT2D eigenvalue weighted by Gasteiger charge is 2.40. The molecule has 0 aromatic heterocycles. The lowest BCUT2D eigenvalue weighted by Crippen LogP contribution is -2.25. The molecule has 1 aromatic carbocycles. The van der Waals surface area contributed by atoms with Crippen LogP contribution in [0.25, 0.3) is 0 Å². The first kappa shape index (κ1) is 18.8. The highest BCUT2D eigenvalue weighted by molar-refractivity contribution is 7.09. The van der Waals surface area contributed by atoms with Crippen LogP contribution in [-0.4, -0.2) is 40.2 Å². The van der Waals surface area contributed by atoms with Gasteiger partial charge in [0.15, 0.2) is 0 Å². The maximum absolute atomic E-state index is 10.2. The Labute approximate surface area is 141 Å². The Balaban J connectivity index is 1.82. The first-order chi connectivity index (χ1) is 11.2. The van der Waals surface area contributed by atoms with E-state index in [0.29, 0.717) is 12.8 Å². The molecule has 4 nitrogen and oxygen atoms in total. The maximum Gasteiger partial charge on any atom is 0.0614 e. The lowest BCUT2D eigenvalue weighted by Gasteiger charge is -2.25. The van der Waals surface area contributed by atoms with Crippen molar-refractivity contribution in [3.63, 3.8) is 0 Å². The largest absolute Gasteiger partial charge is 0.396 e. The molecule has 1 fully saturated rings. The Morgan fingerprint density at radius 1 is 1.04 bits per heavy atom. The van der Waals surface area contributed by atoms with Gasteiger partial charge >= 0.3 is 0 Å². The zero-order valence-corrected chi connectivity index (χ0v) is 14.7. The van der Waals surface area contributed by atoms with Crippen molar-refractivity contribution in [2.45, 2.75) is 56.8 Å². The minimum Gasteiger partial charge on any atom is -0.396 e. The summed E-state index contributed by atoms with van der Waals surface area (Å²) in [4.78, 5) is 0. The van der Waals surface area contributed by atoms with Gasteiger partial charge in [-0.25, -0.2) is 0 Å². The van der Waals surface area contributed by atoms with Crippen LogP contribution < -0.4 is 0 Å². The molecule has 1 aromatic rings. The van der Waals surface area contributed by atoms with Gasteiger partial charge in [-0.3, -0.25) is 0 Å². The molecule has 1 aliphatic rings. The van der Waals surface area contributed by atoms with Crippen molar-refractivity contribution >= 4 is 9.47 Å². The van der Waals surface area contributed by atoms with Gasteiger partial charge in [0.05, 0.1) is 18.3 Å². The van der Waals surface area contributed by atoms with Crippen molar-refractivity contribution in [3.05, 3.63) is 35.9 Å². The van der Waals surface area contributed by atoms with Crippen molar-refractivity contribution in [3.8, 4) is 0 Å². The Morgan fingerprint density at radius 3 is 2.30 bits per heavy atom. The van der Waals surface area contributed by atoms with Gasteiger partial charge in [0.25, 0.3) is 0 Å². The summed E-state index contributed by atoms with van der Waals surface area (Å²) in [5, 5.41) is 29.4. The van der Waals surface area contributed by atoms with Gasteiger partial charge in [0.2, 0.25) is 0 Å². The number of aliphatic hydroxyl groups excluding tert-OH is 3. The Kier molecular flexibility index (Phi) is 7.94. The Bertz CT molecular complexity index is 442. The minimum atomic E-state index is -0.498. The predicted octanol–water partition coefficient (Wildman–Crippen LogP) is 2.32. The quantitative estimate of drug-likeness (QED) is 0.604. The molecule has 0 heterocycles. The van der Waals surface area contributed by atoms with Gasteiger partial charge in [-0.2, -0.15) is 0 Å². The number of aryl methyl sites for hydroxylation is 1. The van der Waals surface area contributed by atoms with Crippen molar-refractivity contribution < 1.29 is 19.8 Å². The standard InChI is InChI=1S/C18H29O4P/c19-11-10-16-15(17(20)12-18(16)21)9-8-14(22-23)7-6-13-4-2-1-3-5-13/h1-5,14-21H,6-12,23H2. The molecular weight excluding hydrogens is 311 g/mol. The second kappa shape index (κ2) is 9.71. The summed E-state index contributed by atoms with van der Waals surface area (Å²) in [5.74, 6) is 0.0470. The van der Waals surface area contributed by atoms with Crippen LogP contribution in [0.1, 0.15) is 37.7 Å². The van der Waals surface area contributed by atoms with Gasteiger partial charge in [-0.05, 0) is 55.9 Å². The van der Waals surface area contributed by atoms with E-state index in [1.165, 1.54) is 5.56 Å². The summed E-state index contributed by atoms with van der Waals surface area (Å²) >= 11 is 0. The number of aliphatic hydroxyl groups is 3. The fourth-order valence-corrected chi connectivity index (χ4v) is 4.03. The summed E-state index contributed by atoms with van der Waals surface area (Å²) in [6, 6.07) is 10.3. The first-order valence-corrected chi connectivity index (χ1v) is 8.99. The van der Waals surface area contributed by atoms with E-state index in [1.807, 2.05) is 18.2 Å². The highest BCUT2D eigenvalue weighted by Crippen LogP contribution is 2.38. The number of hydrogen-bond acceptors (Lipinski definition) is 4. The van der Waals surface area contributed by atoms with Crippen molar-refractivity contribution in [1.29, 1.82) is 0 Å². The zero-order valence-electron chi connectivity index (χ0n) is 13.6. The Hall–Kier alpha value is -0.510. The molecule has 2 rings (SSSR count). The molecule has 0 bridgehead atoms. The van der Waals surface area contributed by atoms with Crippen molar-refractivity contribution in [2.75, 3.05) is 6.61 Å². The highest BCUT2D eigenvalue weighted by atomic mass is 31.0. The second-order valence-corrected chi connectivity index (χ2v) is 6.84. The summed E-state index contributed by atoms with van der Waals surface area (Å²) < 4.78 is 5.51. The normalized spacial score (nSPS) is 28.9. The van der Waals surface area contributed by atoms with Crippen LogP contribution in [0.5, 0.6) is 0 Å².